The fraction of sp³-hybridized carbons (Fsp3) is 0.500. The molecule has 0 unspecified atom stereocenters. The summed E-state index contributed by atoms with van der Waals surface area (Å²) in [6, 6.07) is 0. The van der Waals surface area contributed by atoms with Gasteiger partial charge in [0.1, 0.15) is 5.82 Å². The largest absolute Gasteiger partial charge is 0.469 e. The molecule has 1 rings (SSSR count). The van der Waals surface area contributed by atoms with Crippen LogP contribution in [0.3, 0.4) is 0 Å². The van der Waals surface area contributed by atoms with Crippen LogP contribution in [-0.2, 0) is 26.1 Å². The summed E-state index contributed by atoms with van der Waals surface area (Å²) >= 11 is 0. The summed E-state index contributed by atoms with van der Waals surface area (Å²) in [6.07, 6.45) is 1.24. The van der Waals surface area contributed by atoms with Crippen molar-refractivity contribution in [1.29, 1.82) is 0 Å². The molecular weight excluding hydrogens is 248 g/mol. The third-order valence-electron chi connectivity index (χ3n) is 2.04. The maximum atomic E-state index is 11.5. The topological polar surface area (TPSA) is 127 Å². The summed E-state index contributed by atoms with van der Waals surface area (Å²) in [5, 5.41) is 6.13. The molecule has 0 spiro atoms. The Hall–Kier alpha value is -1.61. The van der Waals surface area contributed by atoms with Crippen LogP contribution in [0.15, 0.2) is 6.20 Å². The van der Waals surface area contributed by atoms with E-state index in [1.165, 1.54) is 13.3 Å². The summed E-state index contributed by atoms with van der Waals surface area (Å²) in [6.45, 7) is 0.0336. The normalized spacial score (nSPS) is 11.4. The second-order valence-corrected chi connectivity index (χ2v) is 5.20. The highest BCUT2D eigenvalue weighted by molar-refractivity contribution is 7.89. The lowest BCUT2D eigenvalue weighted by Crippen LogP contribution is -2.27. The lowest BCUT2D eigenvalue weighted by atomic mass is 10.3. The second kappa shape index (κ2) is 5.64. The predicted octanol–water partition coefficient (Wildman–Crippen LogP) is -1.03. The van der Waals surface area contributed by atoms with Crippen LogP contribution in [-0.4, -0.2) is 37.4 Å². The third-order valence-corrected chi connectivity index (χ3v) is 3.36. The summed E-state index contributed by atoms with van der Waals surface area (Å²) in [5.41, 5.74) is 6.03. The zero-order chi connectivity index (χ0) is 12.9. The van der Waals surface area contributed by atoms with Crippen molar-refractivity contribution in [2.24, 2.45) is 0 Å². The van der Waals surface area contributed by atoms with Gasteiger partial charge in [0.05, 0.1) is 25.5 Å². The molecule has 0 bridgehead atoms. The number of carbonyl (C=O) groups excluding carboxylic acids is 1. The number of sulfonamides is 1. The van der Waals surface area contributed by atoms with E-state index in [4.69, 9.17) is 5.73 Å². The van der Waals surface area contributed by atoms with Crippen LogP contribution in [0, 0.1) is 0 Å². The van der Waals surface area contributed by atoms with Gasteiger partial charge in [0.25, 0.3) is 0 Å². The van der Waals surface area contributed by atoms with Gasteiger partial charge < -0.3 is 10.5 Å². The quantitative estimate of drug-likeness (QED) is 0.563. The van der Waals surface area contributed by atoms with Crippen molar-refractivity contribution in [2.45, 2.75) is 13.0 Å². The Kier molecular flexibility index (Phi) is 4.46. The highest BCUT2D eigenvalue weighted by atomic mass is 32.2. The molecule has 0 saturated carbocycles. The van der Waals surface area contributed by atoms with Gasteiger partial charge in [-0.05, 0) is 0 Å². The number of H-pyrrole nitrogens is 1. The molecule has 0 amide bonds. The molecule has 96 valence electrons. The number of hydrogen-bond acceptors (Lipinski definition) is 6. The Morgan fingerprint density at radius 3 is 2.88 bits per heavy atom. The molecule has 4 N–H and O–H groups in total. The Morgan fingerprint density at radius 1 is 1.65 bits per heavy atom. The number of carbonyl (C=O) groups is 1. The Bertz CT molecular complexity index is 481. The molecule has 1 aromatic heterocycles. The second-order valence-electron chi connectivity index (χ2n) is 3.28. The monoisotopic (exact) mass is 262 g/mol. The van der Waals surface area contributed by atoms with Crippen LogP contribution in [0.2, 0.25) is 0 Å². The highest BCUT2D eigenvalue weighted by Crippen LogP contribution is 2.05. The van der Waals surface area contributed by atoms with Crippen molar-refractivity contribution >= 4 is 21.8 Å². The number of anilines is 1. The van der Waals surface area contributed by atoms with Crippen molar-refractivity contribution in [3.8, 4) is 0 Å². The number of nitrogens with zero attached hydrogens (tertiary/aromatic N) is 1. The van der Waals surface area contributed by atoms with E-state index in [2.05, 4.69) is 19.7 Å². The van der Waals surface area contributed by atoms with Gasteiger partial charge >= 0.3 is 5.97 Å². The van der Waals surface area contributed by atoms with E-state index in [9.17, 15) is 13.2 Å². The van der Waals surface area contributed by atoms with Gasteiger partial charge in [0, 0.05) is 12.1 Å². The molecule has 0 radical (unpaired) electrons. The van der Waals surface area contributed by atoms with Crippen LogP contribution in [0.1, 0.15) is 12.0 Å². The third kappa shape index (κ3) is 4.41. The van der Waals surface area contributed by atoms with E-state index < -0.39 is 16.0 Å². The van der Waals surface area contributed by atoms with Gasteiger partial charge in [-0.15, -0.1) is 0 Å². The summed E-state index contributed by atoms with van der Waals surface area (Å²) in [4.78, 5) is 10.8. The van der Waals surface area contributed by atoms with Crippen molar-refractivity contribution < 1.29 is 17.9 Å². The number of hydrogen-bond donors (Lipinski definition) is 3. The molecular formula is C8H14N4O4S. The Balaban J connectivity index is 2.45. The molecule has 9 heteroatoms. The molecule has 0 aliphatic heterocycles. The zero-order valence-corrected chi connectivity index (χ0v) is 10.1. The Labute approximate surface area is 98.6 Å². The number of rotatable bonds is 6. The van der Waals surface area contributed by atoms with Gasteiger partial charge in [-0.2, -0.15) is 5.10 Å². The lowest BCUT2D eigenvalue weighted by molar-refractivity contribution is -0.140. The summed E-state index contributed by atoms with van der Waals surface area (Å²) < 4.78 is 29.6. The van der Waals surface area contributed by atoms with Gasteiger partial charge in [-0.25, -0.2) is 13.1 Å². The average Bonchev–Trinajstić information content (AvgIpc) is 2.69. The summed E-state index contributed by atoms with van der Waals surface area (Å²) in [5.74, 6) is -0.587. The first-order valence-electron chi connectivity index (χ1n) is 4.76. The van der Waals surface area contributed by atoms with Crippen LogP contribution in [0.4, 0.5) is 5.82 Å². The van der Waals surface area contributed by atoms with Crippen molar-refractivity contribution in [3.63, 3.8) is 0 Å². The van der Waals surface area contributed by atoms with Crippen LogP contribution < -0.4 is 10.5 Å². The first-order chi connectivity index (χ1) is 7.94. The molecule has 0 aromatic carbocycles. The standard InChI is InChI=1S/C8H14N4O4S/c1-16-7(13)2-3-17(14,15)11-5-6-4-10-12-8(6)9/h4,11H,2-3,5H2,1H3,(H3,9,10,12). The minimum absolute atomic E-state index is 0.0336. The highest BCUT2D eigenvalue weighted by Gasteiger charge is 2.14. The minimum Gasteiger partial charge on any atom is -0.469 e. The van der Waals surface area contributed by atoms with Crippen molar-refractivity contribution in [1.82, 2.24) is 14.9 Å². The number of methoxy groups -OCH3 is 1. The number of esters is 1. The minimum atomic E-state index is -3.53. The van der Waals surface area contributed by atoms with Gasteiger partial charge in [-0.3, -0.25) is 9.89 Å². The Morgan fingerprint density at radius 2 is 2.35 bits per heavy atom. The van der Waals surface area contributed by atoms with Crippen molar-refractivity contribution in [2.75, 3.05) is 18.6 Å². The van der Waals surface area contributed by atoms with E-state index in [0.29, 0.717) is 11.4 Å². The molecule has 8 nitrogen and oxygen atoms in total. The fourth-order valence-electron chi connectivity index (χ4n) is 1.04. The van der Waals surface area contributed by atoms with Crippen LogP contribution in [0.25, 0.3) is 0 Å². The SMILES string of the molecule is COC(=O)CCS(=O)(=O)NCc1cn[nH]c1N. The number of ether oxygens (including phenoxy) is 1. The summed E-state index contributed by atoms with van der Waals surface area (Å²) in [7, 11) is -2.32. The molecule has 0 aliphatic rings. The average molecular weight is 262 g/mol. The van der Waals surface area contributed by atoms with Gasteiger partial charge in [-0.1, -0.05) is 0 Å². The van der Waals surface area contributed by atoms with E-state index in [0.717, 1.165) is 0 Å². The van der Waals surface area contributed by atoms with Crippen LogP contribution in [0.5, 0.6) is 0 Å². The number of nitrogens with one attached hydrogen (secondary N) is 2. The number of aromatic nitrogens is 2. The molecule has 0 fully saturated rings. The first kappa shape index (κ1) is 13.5. The molecule has 1 heterocycles. The van der Waals surface area contributed by atoms with Gasteiger partial charge in [0.15, 0.2) is 0 Å². The lowest BCUT2D eigenvalue weighted by Gasteiger charge is -2.05. The number of aromatic amines is 1. The zero-order valence-electron chi connectivity index (χ0n) is 9.26. The van der Waals surface area contributed by atoms with E-state index >= 15 is 0 Å². The van der Waals surface area contributed by atoms with Crippen LogP contribution >= 0.6 is 0 Å². The molecule has 1 aromatic rings. The molecule has 17 heavy (non-hydrogen) atoms. The molecule has 0 atom stereocenters. The van der Waals surface area contributed by atoms with Crippen molar-refractivity contribution in [3.05, 3.63) is 11.8 Å². The van der Waals surface area contributed by atoms with E-state index in [1.807, 2.05) is 0 Å². The first-order valence-corrected chi connectivity index (χ1v) is 6.41. The number of nitrogens with two attached hydrogens (primary N) is 1. The van der Waals surface area contributed by atoms with Gasteiger partial charge in [0.2, 0.25) is 10.0 Å². The van der Waals surface area contributed by atoms with E-state index in [1.54, 1.807) is 0 Å². The maximum absolute atomic E-state index is 11.5. The maximum Gasteiger partial charge on any atom is 0.306 e. The molecule has 0 saturated heterocycles. The molecule has 0 aliphatic carbocycles. The fourth-order valence-corrected chi connectivity index (χ4v) is 2.00. The smallest absolute Gasteiger partial charge is 0.306 e. The van der Waals surface area contributed by atoms with E-state index in [-0.39, 0.29) is 18.7 Å². The number of nitrogen functional groups attached to an aromatic ring is 1. The predicted molar refractivity (Wildman–Crippen MR) is 60.3 cm³/mol.